The van der Waals surface area contributed by atoms with Gasteiger partial charge in [0.05, 0.1) is 5.69 Å². The lowest BCUT2D eigenvalue weighted by atomic mass is 10.0. The molecule has 0 spiro atoms. The molecule has 0 saturated carbocycles. The molecular formula is C21H19NO. The SMILES string of the molecule is CCN(c1ccccc1)c1ccccc1C(=O)c1ccccc1. The molecule has 23 heavy (non-hydrogen) atoms. The molecule has 0 aliphatic carbocycles. The molecule has 2 heteroatoms. The Balaban J connectivity index is 2.06. The van der Waals surface area contributed by atoms with Crippen molar-refractivity contribution in [1.29, 1.82) is 0 Å². The van der Waals surface area contributed by atoms with Crippen molar-refractivity contribution in [1.82, 2.24) is 0 Å². The summed E-state index contributed by atoms with van der Waals surface area (Å²) in [5.74, 6) is 0.0515. The highest BCUT2D eigenvalue weighted by Crippen LogP contribution is 2.29. The molecule has 2 nitrogen and oxygen atoms in total. The highest BCUT2D eigenvalue weighted by Gasteiger charge is 2.17. The van der Waals surface area contributed by atoms with Crippen LogP contribution in [0, 0.1) is 0 Å². The van der Waals surface area contributed by atoms with Crippen LogP contribution in [0.4, 0.5) is 11.4 Å². The van der Waals surface area contributed by atoms with E-state index in [9.17, 15) is 4.79 Å². The van der Waals surface area contributed by atoms with Crippen LogP contribution in [0.2, 0.25) is 0 Å². The van der Waals surface area contributed by atoms with Gasteiger partial charge in [0, 0.05) is 23.4 Å². The second-order valence-corrected chi connectivity index (χ2v) is 5.29. The lowest BCUT2D eigenvalue weighted by Gasteiger charge is -2.25. The fraction of sp³-hybridized carbons (Fsp3) is 0.0952. The van der Waals surface area contributed by atoms with E-state index in [4.69, 9.17) is 0 Å². The number of carbonyl (C=O) groups excluding carboxylic acids is 1. The molecule has 0 unspecified atom stereocenters. The maximum atomic E-state index is 12.9. The molecule has 3 aromatic rings. The van der Waals surface area contributed by atoms with E-state index in [-0.39, 0.29) is 5.78 Å². The molecule has 0 N–H and O–H groups in total. The minimum Gasteiger partial charge on any atom is -0.341 e. The van der Waals surface area contributed by atoms with Crippen molar-refractivity contribution in [2.24, 2.45) is 0 Å². The molecule has 114 valence electrons. The Morgan fingerprint density at radius 2 is 1.35 bits per heavy atom. The van der Waals surface area contributed by atoms with Crippen molar-refractivity contribution in [2.75, 3.05) is 11.4 Å². The summed E-state index contributed by atoms with van der Waals surface area (Å²) in [4.78, 5) is 15.1. The number of ketones is 1. The van der Waals surface area contributed by atoms with E-state index in [0.717, 1.165) is 23.5 Å². The van der Waals surface area contributed by atoms with Gasteiger partial charge in [0.2, 0.25) is 0 Å². The van der Waals surface area contributed by atoms with Crippen LogP contribution >= 0.6 is 0 Å². The molecular weight excluding hydrogens is 282 g/mol. The number of anilines is 2. The second kappa shape index (κ2) is 6.93. The zero-order valence-electron chi connectivity index (χ0n) is 13.1. The van der Waals surface area contributed by atoms with E-state index in [1.807, 2.05) is 72.8 Å². The smallest absolute Gasteiger partial charge is 0.195 e. The Morgan fingerprint density at radius 3 is 2.00 bits per heavy atom. The lowest BCUT2D eigenvalue weighted by molar-refractivity contribution is 0.103. The number of para-hydroxylation sites is 2. The lowest BCUT2D eigenvalue weighted by Crippen LogP contribution is -2.19. The van der Waals surface area contributed by atoms with Gasteiger partial charge in [-0.15, -0.1) is 0 Å². The van der Waals surface area contributed by atoms with Gasteiger partial charge in [0.1, 0.15) is 0 Å². The van der Waals surface area contributed by atoms with Gasteiger partial charge in [-0.2, -0.15) is 0 Å². The standard InChI is InChI=1S/C21H19NO/c1-2-22(18-13-7-4-8-14-18)20-16-10-9-15-19(20)21(23)17-11-5-3-6-12-17/h3-16H,2H2,1H3. The molecule has 0 aliphatic heterocycles. The number of rotatable bonds is 5. The van der Waals surface area contributed by atoms with Crippen molar-refractivity contribution in [3.8, 4) is 0 Å². The van der Waals surface area contributed by atoms with Crippen LogP contribution in [0.5, 0.6) is 0 Å². The summed E-state index contributed by atoms with van der Waals surface area (Å²) in [6, 6.07) is 27.4. The molecule has 0 aliphatic rings. The zero-order chi connectivity index (χ0) is 16.1. The molecule has 0 amide bonds. The number of hydrogen-bond acceptors (Lipinski definition) is 2. The Labute approximate surface area is 137 Å². The summed E-state index contributed by atoms with van der Waals surface area (Å²) in [6.45, 7) is 2.89. The summed E-state index contributed by atoms with van der Waals surface area (Å²) in [5.41, 5.74) is 3.46. The van der Waals surface area contributed by atoms with Crippen molar-refractivity contribution in [2.45, 2.75) is 6.92 Å². The normalized spacial score (nSPS) is 10.3. The van der Waals surface area contributed by atoms with Crippen molar-refractivity contribution in [3.05, 3.63) is 96.1 Å². The van der Waals surface area contributed by atoms with E-state index in [1.54, 1.807) is 0 Å². The van der Waals surface area contributed by atoms with Gasteiger partial charge < -0.3 is 4.90 Å². The van der Waals surface area contributed by atoms with E-state index < -0.39 is 0 Å². The first-order valence-corrected chi connectivity index (χ1v) is 7.82. The van der Waals surface area contributed by atoms with Crippen molar-refractivity contribution >= 4 is 17.2 Å². The van der Waals surface area contributed by atoms with Crippen LogP contribution in [-0.4, -0.2) is 12.3 Å². The van der Waals surface area contributed by atoms with Gasteiger partial charge in [0.25, 0.3) is 0 Å². The van der Waals surface area contributed by atoms with Gasteiger partial charge in [-0.25, -0.2) is 0 Å². The van der Waals surface area contributed by atoms with Crippen LogP contribution in [-0.2, 0) is 0 Å². The Bertz CT molecular complexity index is 781. The third-order valence-electron chi connectivity index (χ3n) is 3.86. The summed E-state index contributed by atoms with van der Waals surface area (Å²) in [7, 11) is 0. The molecule has 0 radical (unpaired) electrons. The minimum absolute atomic E-state index is 0.0515. The molecule has 0 aromatic heterocycles. The molecule has 0 fully saturated rings. The molecule has 3 rings (SSSR count). The summed E-state index contributed by atoms with van der Waals surface area (Å²) in [6.07, 6.45) is 0. The van der Waals surface area contributed by atoms with Gasteiger partial charge >= 0.3 is 0 Å². The van der Waals surface area contributed by atoms with Crippen LogP contribution in [0.1, 0.15) is 22.8 Å². The number of nitrogens with zero attached hydrogens (tertiary/aromatic N) is 1. The topological polar surface area (TPSA) is 20.3 Å². The molecule has 0 atom stereocenters. The van der Waals surface area contributed by atoms with Gasteiger partial charge in [-0.1, -0.05) is 60.7 Å². The van der Waals surface area contributed by atoms with E-state index in [0.29, 0.717) is 5.56 Å². The number of carbonyl (C=O) groups is 1. The first kappa shape index (κ1) is 15.0. The summed E-state index contributed by atoms with van der Waals surface area (Å²) < 4.78 is 0. The fourth-order valence-corrected chi connectivity index (χ4v) is 2.75. The van der Waals surface area contributed by atoms with Gasteiger partial charge in [-0.05, 0) is 31.2 Å². The first-order valence-electron chi connectivity index (χ1n) is 7.82. The van der Waals surface area contributed by atoms with E-state index in [1.165, 1.54) is 0 Å². The van der Waals surface area contributed by atoms with Crippen molar-refractivity contribution in [3.63, 3.8) is 0 Å². The average molecular weight is 301 g/mol. The fourth-order valence-electron chi connectivity index (χ4n) is 2.75. The predicted molar refractivity (Wildman–Crippen MR) is 95.4 cm³/mol. The third kappa shape index (κ3) is 3.16. The summed E-state index contributed by atoms with van der Waals surface area (Å²) in [5, 5.41) is 0. The third-order valence-corrected chi connectivity index (χ3v) is 3.86. The highest BCUT2D eigenvalue weighted by molar-refractivity contribution is 6.12. The highest BCUT2D eigenvalue weighted by atomic mass is 16.1. The first-order chi connectivity index (χ1) is 11.3. The predicted octanol–water partition coefficient (Wildman–Crippen LogP) is 5.08. The van der Waals surface area contributed by atoms with E-state index >= 15 is 0 Å². The van der Waals surface area contributed by atoms with Crippen LogP contribution in [0.25, 0.3) is 0 Å². The largest absolute Gasteiger partial charge is 0.341 e. The Morgan fingerprint density at radius 1 is 0.783 bits per heavy atom. The molecule has 0 saturated heterocycles. The molecule has 0 bridgehead atoms. The maximum Gasteiger partial charge on any atom is 0.195 e. The quantitative estimate of drug-likeness (QED) is 0.613. The Hall–Kier alpha value is -2.87. The van der Waals surface area contributed by atoms with Crippen LogP contribution in [0.15, 0.2) is 84.9 Å². The van der Waals surface area contributed by atoms with Gasteiger partial charge in [0.15, 0.2) is 5.78 Å². The Kier molecular flexibility index (Phi) is 4.53. The second-order valence-electron chi connectivity index (χ2n) is 5.29. The van der Waals surface area contributed by atoms with Crippen LogP contribution < -0.4 is 4.90 Å². The minimum atomic E-state index is 0.0515. The number of benzene rings is 3. The van der Waals surface area contributed by atoms with Gasteiger partial charge in [-0.3, -0.25) is 4.79 Å². The zero-order valence-corrected chi connectivity index (χ0v) is 13.1. The monoisotopic (exact) mass is 301 g/mol. The average Bonchev–Trinajstić information content (AvgIpc) is 2.64. The maximum absolute atomic E-state index is 12.9. The summed E-state index contributed by atoms with van der Waals surface area (Å²) >= 11 is 0. The molecule has 3 aromatic carbocycles. The molecule has 0 heterocycles. The van der Waals surface area contributed by atoms with E-state index in [2.05, 4.69) is 24.0 Å². The van der Waals surface area contributed by atoms with Crippen LogP contribution in [0.3, 0.4) is 0 Å². The number of hydrogen-bond donors (Lipinski definition) is 0. The van der Waals surface area contributed by atoms with Crippen molar-refractivity contribution < 1.29 is 4.79 Å².